The van der Waals surface area contributed by atoms with Gasteiger partial charge in [0.2, 0.25) is 0 Å². The highest BCUT2D eigenvalue weighted by molar-refractivity contribution is 5.83. The first-order valence-corrected chi connectivity index (χ1v) is 9.40. The Labute approximate surface area is 176 Å². The number of carbonyl (C=O) groups is 1. The van der Waals surface area contributed by atoms with Crippen molar-refractivity contribution in [3.63, 3.8) is 0 Å². The third kappa shape index (κ3) is 3.81. The molecule has 31 heavy (non-hydrogen) atoms. The van der Waals surface area contributed by atoms with Gasteiger partial charge >= 0.3 is 5.97 Å². The SMILES string of the molecule is O=C(O)[C@@H](c1coc2cc(O)ccc2c1=O)C(c1ccc(O)cc1)c1ccc(O)cc1. The molecule has 0 saturated carbocycles. The highest BCUT2D eigenvalue weighted by Gasteiger charge is 2.35. The standard InChI is InChI=1S/C24H18O7/c25-15-5-1-13(2-6-15)21(14-3-7-16(26)8-4-14)22(24(29)30)19-12-31-20-11-17(27)9-10-18(20)23(19)28/h1-12,21-22,25-27H,(H,29,30)/t22-/m0/s1. The molecule has 0 aliphatic rings. The van der Waals surface area contributed by atoms with Gasteiger partial charge in [0, 0.05) is 12.0 Å². The molecule has 0 spiro atoms. The molecule has 4 rings (SSSR count). The Hall–Kier alpha value is -4.26. The van der Waals surface area contributed by atoms with E-state index in [1.54, 1.807) is 24.3 Å². The number of phenols is 3. The first kappa shape index (κ1) is 20.0. The largest absolute Gasteiger partial charge is 0.508 e. The molecule has 0 aliphatic carbocycles. The molecule has 0 aliphatic heterocycles. The quantitative estimate of drug-likeness (QED) is 0.387. The van der Waals surface area contributed by atoms with Gasteiger partial charge < -0.3 is 24.8 Å². The van der Waals surface area contributed by atoms with Gasteiger partial charge in [-0.15, -0.1) is 0 Å². The van der Waals surface area contributed by atoms with Gasteiger partial charge in [-0.25, -0.2) is 0 Å². The van der Waals surface area contributed by atoms with Crippen LogP contribution in [0, 0.1) is 0 Å². The number of benzene rings is 3. The molecule has 4 N–H and O–H groups in total. The van der Waals surface area contributed by atoms with Gasteiger partial charge in [0.1, 0.15) is 22.8 Å². The molecule has 7 heteroatoms. The zero-order valence-electron chi connectivity index (χ0n) is 16.1. The van der Waals surface area contributed by atoms with E-state index in [9.17, 15) is 30.0 Å². The lowest BCUT2D eigenvalue weighted by molar-refractivity contribution is -0.139. The first-order valence-electron chi connectivity index (χ1n) is 9.40. The van der Waals surface area contributed by atoms with Crippen molar-refractivity contribution < 1.29 is 29.6 Å². The van der Waals surface area contributed by atoms with Gasteiger partial charge in [-0.2, -0.15) is 0 Å². The fraction of sp³-hybridized carbons (Fsp3) is 0.0833. The first-order chi connectivity index (χ1) is 14.8. The fourth-order valence-corrected chi connectivity index (χ4v) is 3.74. The minimum Gasteiger partial charge on any atom is -0.508 e. The van der Waals surface area contributed by atoms with E-state index in [1.807, 2.05) is 0 Å². The number of carboxylic acid groups (broad SMARTS) is 1. The minimum absolute atomic E-state index is 0.0186. The summed E-state index contributed by atoms with van der Waals surface area (Å²) in [5, 5.41) is 39.2. The highest BCUT2D eigenvalue weighted by Crippen LogP contribution is 2.39. The normalized spacial score (nSPS) is 12.2. The molecule has 0 fully saturated rings. The smallest absolute Gasteiger partial charge is 0.312 e. The predicted octanol–water partition coefficient (Wildman–Crippen LogP) is 3.91. The summed E-state index contributed by atoms with van der Waals surface area (Å²) in [5.74, 6) is -3.41. The maximum atomic E-state index is 13.2. The molecule has 0 unspecified atom stereocenters. The van der Waals surface area contributed by atoms with Crippen LogP contribution in [0.2, 0.25) is 0 Å². The zero-order valence-corrected chi connectivity index (χ0v) is 16.1. The average molecular weight is 418 g/mol. The van der Waals surface area contributed by atoms with Crippen molar-refractivity contribution in [3.05, 3.63) is 99.9 Å². The number of hydrogen-bond acceptors (Lipinski definition) is 6. The second-order valence-electron chi connectivity index (χ2n) is 7.18. The van der Waals surface area contributed by atoms with Crippen LogP contribution >= 0.6 is 0 Å². The van der Waals surface area contributed by atoms with Crippen molar-refractivity contribution in [1.29, 1.82) is 0 Å². The van der Waals surface area contributed by atoms with Crippen LogP contribution in [0.5, 0.6) is 17.2 Å². The second kappa shape index (κ2) is 7.87. The van der Waals surface area contributed by atoms with E-state index in [4.69, 9.17) is 4.42 Å². The molecule has 0 bridgehead atoms. The minimum atomic E-state index is -1.32. The maximum Gasteiger partial charge on any atom is 0.312 e. The van der Waals surface area contributed by atoms with Crippen molar-refractivity contribution in [1.82, 2.24) is 0 Å². The summed E-state index contributed by atoms with van der Waals surface area (Å²) in [6, 6.07) is 16.1. The predicted molar refractivity (Wildman–Crippen MR) is 113 cm³/mol. The van der Waals surface area contributed by atoms with Crippen molar-refractivity contribution in [2.24, 2.45) is 0 Å². The number of rotatable bonds is 5. The van der Waals surface area contributed by atoms with Crippen LogP contribution in [0.4, 0.5) is 0 Å². The molecule has 7 nitrogen and oxygen atoms in total. The number of aliphatic carboxylic acids is 1. The summed E-state index contributed by atoms with van der Waals surface area (Å²) in [6.45, 7) is 0. The Balaban J connectivity index is 1.95. The number of fused-ring (bicyclic) bond motifs is 1. The van der Waals surface area contributed by atoms with Gasteiger partial charge in [-0.1, -0.05) is 24.3 Å². The zero-order chi connectivity index (χ0) is 22.1. The van der Waals surface area contributed by atoms with Crippen LogP contribution in [0.3, 0.4) is 0 Å². The average Bonchev–Trinajstić information content (AvgIpc) is 2.74. The molecule has 1 aromatic heterocycles. The van der Waals surface area contributed by atoms with Crippen LogP contribution < -0.4 is 5.43 Å². The Morgan fingerprint density at radius 1 is 0.774 bits per heavy atom. The van der Waals surface area contributed by atoms with Crippen molar-refractivity contribution >= 4 is 16.9 Å². The maximum absolute atomic E-state index is 13.2. The van der Waals surface area contributed by atoms with E-state index in [-0.39, 0.29) is 33.8 Å². The molecule has 156 valence electrons. The van der Waals surface area contributed by atoms with Gasteiger partial charge in [-0.05, 0) is 47.5 Å². The lowest BCUT2D eigenvalue weighted by Gasteiger charge is -2.25. The molecular weight excluding hydrogens is 400 g/mol. The van der Waals surface area contributed by atoms with Crippen molar-refractivity contribution in [2.45, 2.75) is 11.8 Å². The van der Waals surface area contributed by atoms with Gasteiger partial charge in [0.25, 0.3) is 0 Å². The molecule has 4 aromatic rings. The topological polar surface area (TPSA) is 128 Å². The van der Waals surface area contributed by atoms with Crippen molar-refractivity contribution in [3.8, 4) is 17.2 Å². The summed E-state index contributed by atoms with van der Waals surface area (Å²) in [6.07, 6.45) is 1.11. The monoisotopic (exact) mass is 418 g/mol. The van der Waals surface area contributed by atoms with Crippen LogP contribution in [0.15, 0.2) is 82.2 Å². The van der Waals surface area contributed by atoms with Gasteiger partial charge in [0.05, 0.1) is 23.1 Å². The van der Waals surface area contributed by atoms with Gasteiger partial charge in [-0.3, -0.25) is 9.59 Å². The number of aromatic hydroxyl groups is 3. The van der Waals surface area contributed by atoms with Crippen molar-refractivity contribution in [2.75, 3.05) is 0 Å². The number of phenolic OH excluding ortho intramolecular Hbond substituents is 3. The molecule has 0 amide bonds. The third-order valence-corrected chi connectivity index (χ3v) is 5.22. The molecule has 1 heterocycles. The Kier molecular flexibility index (Phi) is 5.09. The summed E-state index contributed by atoms with van der Waals surface area (Å²) in [7, 11) is 0. The third-order valence-electron chi connectivity index (χ3n) is 5.22. The van der Waals surface area contributed by atoms with E-state index < -0.39 is 23.2 Å². The Morgan fingerprint density at radius 3 is 1.81 bits per heavy atom. The molecule has 0 saturated heterocycles. The van der Waals surface area contributed by atoms with E-state index in [1.165, 1.54) is 42.5 Å². The number of hydrogen-bond donors (Lipinski definition) is 4. The lowest BCUT2D eigenvalue weighted by Crippen LogP contribution is -2.26. The molecule has 3 aromatic carbocycles. The number of carboxylic acids is 1. The van der Waals surface area contributed by atoms with E-state index in [2.05, 4.69) is 0 Å². The molecular formula is C24H18O7. The van der Waals surface area contributed by atoms with Gasteiger partial charge in [0.15, 0.2) is 5.43 Å². The van der Waals surface area contributed by atoms with Crippen LogP contribution in [-0.2, 0) is 4.79 Å². The second-order valence-corrected chi connectivity index (χ2v) is 7.18. The summed E-state index contributed by atoms with van der Waals surface area (Å²) >= 11 is 0. The van der Waals surface area contributed by atoms with Crippen LogP contribution in [-0.4, -0.2) is 26.4 Å². The van der Waals surface area contributed by atoms with E-state index in [0.717, 1.165) is 6.26 Å². The van der Waals surface area contributed by atoms with E-state index in [0.29, 0.717) is 11.1 Å². The fourth-order valence-electron chi connectivity index (χ4n) is 3.74. The lowest BCUT2D eigenvalue weighted by atomic mass is 9.77. The Bertz CT molecular complexity index is 1260. The summed E-state index contributed by atoms with van der Waals surface area (Å²) < 4.78 is 5.49. The Morgan fingerprint density at radius 2 is 1.29 bits per heavy atom. The highest BCUT2D eigenvalue weighted by atomic mass is 16.4. The summed E-state index contributed by atoms with van der Waals surface area (Å²) in [4.78, 5) is 25.6. The summed E-state index contributed by atoms with van der Waals surface area (Å²) in [5.41, 5.74) is 0.680. The molecule has 1 atom stereocenters. The van der Waals surface area contributed by atoms with Crippen LogP contribution in [0.1, 0.15) is 28.5 Å². The van der Waals surface area contributed by atoms with Crippen LogP contribution in [0.25, 0.3) is 11.0 Å². The molecule has 0 radical (unpaired) electrons. The van der Waals surface area contributed by atoms with E-state index >= 15 is 0 Å².